The van der Waals surface area contributed by atoms with Gasteiger partial charge >= 0.3 is 5.97 Å². The summed E-state index contributed by atoms with van der Waals surface area (Å²) in [6.07, 6.45) is 4.10. The molecule has 25 heavy (non-hydrogen) atoms. The summed E-state index contributed by atoms with van der Waals surface area (Å²) in [6.45, 7) is 6.19. The summed E-state index contributed by atoms with van der Waals surface area (Å²) in [4.78, 5) is 23.6. The number of benzene rings is 1. The molecule has 1 atom stereocenters. The van der Waals surface area contributed by atoms with Crippen LogP contribution in [0.5, 0.6) is 0 Å². The minimum atomic E-state index is -0.970. The lowest BCUT2D eigenvalue weighted by atomic mass is 9.88. The number of fused-ring (bicyclic) bond motifs is 1. The van der Waals surface area contributed by atoms with Crippen molar-refractivity contribution in [3.63, 3.8) is 0 Å². The number of aryl methyl sites for hydroxylation is 2. The third-order valence-corrected chi connectivity index (χ3v) is 4.42. The highest BCUT2D eigenvalue weighted by Gasteiger charge is 2.22. The van der Waals surface area contributed by atoms with Crippen LogP contribution in [0, 0.1) is 5.41 Å². The van der Waals surface area contributed by atoms with Crippen molar-refractivity contribution >= 4 is 22.8 Å². The van der Waals surface area contributed by atoms with Gasteiger partial charge < -0.3 is 15.0 Å². The highest BCUT2D eigenvalue weighted by Crippen LogP contribution is 2.23. The lowest BCUT2D eigenvalue weighted by Crippen LogP contribution is -2.41. The Balaban J connectivity index is 1.95. The molecular formula is C20H28N2O3. The lowest BCUT2D eigenvalue weighted by Gasteiger charge is -2.21. The van der Waals surface area contributed by atoms with Crippen LogP contribution in [0.25, 0.3) is 10.9 Å². The SMILES string of the molecule is Cn1cc(CCC(=O)NC(CCC(C)(C)C)C(=O)O)c2ccccc21. The highest BCUT2D eigenvalue weighted by atomic mass is 16.4. The van der Waals surface area contributed by atoms with Crippen molar-refractivity contribution in [1.29, 1.82) is 0 Å². The molecule has 5 heteroatoms. The Morgan fingerprint density at radius 3 is 2.56 bits per heavy atom. The molecule has 0 bridgehead atoms. The van der Waals surface area contributed by atoms with E-state index in [4.69, 9.17) is 0 Å². The van der Waals surface area contributed by atoms with Crippen LogP contribution in [0.1, 0.15) is 45.6 Å². The number of carboxylic acids is 1. The van der Waals surface area contributed by atoms with E-state index in [0.717, 1.165) is 22.9 Å². The average molecular weight is 344 g/mol. The maximum atomic E-state index is 12.2. The number of carboxylic acid groups (broad SMARTS) is 1. The molecule has 1 heterocycles. The molecule has 2 rings (SSSR count). The minimum Gasteiger partial charge on any atom is -0.480 e. The molecule has 0 spiro atoms. The summed E-state index contributed by atoms with van der Waals surface area (Å²) in [5, 5.41) is 13.1. The second-order valence-corrected chi connectivity index (χ2v) is 7.84. The van der Waals surface area contributed by atoms with Crippen molar-refractivity contribution in [3.8, 4) is 0 Å². The Labute approximate surface area is 149 Å². The standard InChI is InChI=1S/C20H28N2O3/c1-20(2,3)12-11-16(19(24)25)21-18(23)10-9-14-13-22(4)17-8-6-5-7-15(14)17/h5-8,13,16H,9-12H2,1-4H3,(H,21,23)(H,24,25). The maximum absolute atomic E-state index is 12.2. The van der Waals surface area contributed by atoms with Crippen LogP contribution in [-0.2, 0) is 23.1 Å². The molecule has 1 aromatic carbocycles. The zero-order valence-electron chi connectivity index (χ0n) is 15.5. The highest BCUT2D eigenvalue weighted by molar-refractivity contribution is 5.86. The molecule has 0 saturated carbocycles. The Morgan fingerprint density at radius 1 is 1.24 bits per heavy atom. The first-order valence-corrected chi connectivity index (χ1v) is 8.72. The molecule has 1 aromatic heterocycles. The van der Waals surface area contributed by atoms with E-state index in [1.807, 2.05) is 42.1 Å². The predicted octanol–water partition coefficient (Wildman–Crippen LogP) is 3.51. The van der Waals surface area contributed by atoms with Gasteiger partial charge in [0.15, 0.2) is 0 Å². The van der Waals surface area contributed by atoms with Crippen molar-refractivity contribution in [2.24, 2.45) is 12.5 Å². The Bertz CT molecular complexity index is 756. The topological polar surface area (TPSA) is 71.3 Å². The second-order valence-electron chi connectivity index (χ2n) is 7.84. The number of amides is 1. The van der Waals surface area contributed by atoms with E-state index < -0.39 is 12.0 Å². The summed E-state index contributed by atoms with van der Waals surface area (Å²) in [7, 11) is 1.98. The van der Waals surface area contributed by atoms with Crippen LogP contribution in [-0.4, -0.2) is 27.6 Å². The van der Waals surface area contributed by atoms with Crippen molar-refractivity contribution in [2.75, 3.05) is 0 Å². The van der Waals surface area contributed by atoms with Crippen molar-refractivity contribution < 1.29 is 14.7 Å². The van der Waals surface area contributed by atoms with E-state index in [0.29, 0.717) is 12.8 Å². The van der Waals surface area contributed by atoms with Crippen molar-refractivity contribution in [2.45, 2.75) is 52.5 Å². The molecule has 1 unspecified atom stereocenters. The molecule has 0 aliphatic carbocycles. The van der Waals surface area contributed by atoms with Crippen molar-refractivity contribution in [3.05, 3.63) is 36.0 Å². The van der Waals surface area contributed by atoms with E-state index >= 15 is 0 Å². The number of hydrogen-bond donors (Lipinski definition) is 2. The zero-order valence-corrected chi connectivity index (χ0v) is 15.5. The number of nitrogens with one attached hydrogen (secondary N) is 1. The molecule has 0 saturated heterocycles. The molecule has 0 radical (unpaired) electrons. The van der Waals surface area contributed by atoms with Gasteiger partial charge in [-0.3, -0.25) is 4.79 Å². The monoisotopic (exact) mass is 344 g/mol. The maximum Gasteiger partial charge on any atom is 0.326 e. The molecule has 136 valence electrons. The number of hydrogen-bond acceptors (Lipinski definition) is 2. The van der Waals surface area contributed by atoms with Gasteiger partial charge in [0.25, 0.3) is 0 Å². The van der Waals surface area contributed by atoms with E-state index in [2.05, 4.69) is 26.1 Å². The first-order valence-electron chi connectivity index (χ1n) is 8.72. The van der Waals surface area contributed by atoms with Crippen LogP contribution < -0.4 is 5.32 Å². The summed E-state index contributed by atoms with van der Waals surface area (Å²) in [5.41, 5.74) is 2.28. The number of rotatable bonds is 7. The van der Waals surface area contributed by atoms with Crippen molar-refractivity contribution in [1.82, 2.24) is 9.88 Å². The third kappa shape index (κ3) is 5.34. The number of nitrogens with zero attached hydrogens (tertiary/aromatic N) is 1. The van der Waals surface area contributed by atoms with Gasteiger partial charge in [0.1, 0.15) is 6.04 Å². The molecule has 2 N–H and O–H groups in total. The number of carbonyl (C=O) groups is 2. The normalized spacial score (nSPS) is 13.0. The van der Waals surface area contributed by atoms with Gasteiger partial charge in [-0.2, -0.15) is 0 Å². The summed E-state index contributed by atoms with van der Waals surface area (Å²) in [5.74, 6) is -1.18. The molecule has 5 nitrogen and oxygen atoms in total. The average Bonchev–Trinajstić information content (AvgIpc) is 2.85. The van der Waals surface area contributed by atoms with Gasteiger partial charge in [-0.05, 0) is 36.3 Å². The zero-order chi connectivity index (χ0) is 18.6. The molecule has 0 fully saturated rings. The smallest absolute Gasteiger partial charge is 0.326 e. The lowest BCUT2D eigenvalue weighted by molar-refractivity contribution is -0.142. The largest absolute Gasteiger partial charge is 0.480 e. The molecular weight excluding hydrogens is 316 g/mol. The van der Waals surface area contributed by atoms with E-state index in [-0.39, 0.29) is 17.7 Å². The van der Waals surface area contributed by atoms with Gasteiger partial charge in [0.05, 0.1) is 0 Å². The third-order valence-electron chi connectivity index (χ3n) is 4.42. The van der Waals surface area contributed by atoms with Gasteiger partial charge in [-0.1, -0.05) is 39.0 Å². The van der Waals surface area contributed by atoms with Crippen LogP contribution in [0.2, 0.25) is 0 Å². The molecule has 2 aromatic rings. The quantitative estimate of drug-likeness (QED) is 0.807. The fourth-order valence-corrected chi connectivity index (χ4v) is 2.97. The number of carbonyl (C=O) groups excluding carboxylic acids is 1. The van der Waals surface area contributed by atoms with Gasteiger partial charge in [-0.25, -0.2) is 4.79 Å². The fraction of sp³-hybridized carbons (Fsp3) is 0.500. The summed E-state index contributed by atoms with van der Waals surface area (Å²) >= 11 is 0. The van der Waals surface area contributed by atoms with Crippen LogP contribution in [0.3, 0.4) is 0 Å². The summed E-state index contributed by atoms with van der Waals surface area (Å²) in [6, 6.07) is 7.25. The first-order chi connectivity index (χ1) is 11.7. The Hall–Kier alpha value is -2.30. The molecule has 0 aliphatic heterocycles. The number of aliphatic carboxylic acids is 1. The Morgan fingerprint density at radius 2 is 1.92 bits per heavy atom. The summed E-state index contributed by atoms with van der Waals surface area (Å²) < 4.78 is 2.05. The van der Waals surface area contributed by atoms with E-state index in [1.165, 1.54) is 0 Å². The first kappa shape index (κ1) is 19.0. The van der Waals surface area contributed by atoms with E-state index in [1.54, 1.807) is 0 Å². The van der Waals surface area contributed by atoms with Gasteiger partial charge in [-0.15, -0.1) is 0 Å². The van der Waals surface area contributed by atoms with Crippen LogP contribution >= 0.6 is 0 Å². The molecule has 0 aliphatic rings. The van der Waals surface area contributed by atoms with Crippen LogP contribution in [0.4, 0.5) is 0 Å². The second kappa shape index (κ2) is 7.72. The van der Waals surface area contributed by atoms with E-state index in [9.17, 15) is 14.7 Å². The predicted molar refractivity (Wildman–Crippen MR) is 99.5 cm³/mol. The van der Waals surface area contributed by atoms with Gasteiger partial charge in [0, 0.05) is 30.6 Å². The minimum absolute atomic E-state index is 0.0430. The van der Waals surface area contributed by atoms with Gasteiger partial charge in [0.2, 0.25) is 5.91 Å². The Kier molecular flexibility index (Phi) is 5.88. The fourth-order valence-electron chi connectivity index (χ4n) is 2.97. The number of para-hydroxylation sites is 1. The molecule has 1 amide bonds. The van der Waals surface area contributed by atoms with Crippen LogP contribution in [0.15, 0.2) is 30.5 Å². The number of aromatic nitrogens is 1.